The number of phosphoric acid groups is 1. The van der Waals surface area contributed by atoms with E-state index < -0.39 is 7.82 Å². The number of phosphoric ester groups is 1. The lowest BCUT2D eigenvalue weighted by Gasteiger charge is -2.19. The van der Waals surface area contributed by atoms with Gasteiger partial charge in [-0.15, -0.1) is 0 Å². The average Bonchev–Trinajstić information content (AvgIpc) is 2.56. The Balaban J connectivity index is 2.11. The molecule has 2 aromatic rings. The molecule has 0 aliphatic rings. The molecule has 24 heavy (non-hydrogen) atoms. The fraction of sp³-hybridized carbons (Fsp3) is 0.333. The summed E-state index contributed by atoms with van der Waals surface area (Å²) in [6.07, 6.45) is 0. The van der Waals surface area contributed by atoms with Gasteiger partial charge >= 0.3 is 7.82 Å². The number of ether oxygens (including phenoxy) is 1. The van der Waals surface area contributed by atoms with E-state index in [0.29, 0.717) is 24.7 Å². The van der Waals surface area contributed by atoms with Crippen LogP contribution in [-0.2, 0) is 13.8 Å². The predicted molar refractivity (Wildman–Crippen MR) is 93.7 cm³/mol. The van der Waals surface area contributed by atoms with E-state index in [-0.39, 0.29) is 6.61 Å². The minimum Gasteiger partial charge on any atom is -0.395 e. The Kier molecular flexibility index (Phi) is 6.85. The molecule has 0 unspecified atom stereocenters. The van der Waals surface area contributed by atoms with Crippen molar-refractivity contribution in [1.82, 2.24) is 0 Å². The Morgan fingerprint density at radius 2 is 1.25 bits per heavy atom. The molecular weight excluding hydrogens is 327 g/mol. The van der Waals surface area contributed by atoms with E-state index in [0.717, 1.165) is 11.1 Å². The third-order valence-electron chi connectivity index (χ3n) is 3.16. The van der Waals surface area contributed by atoms with Gasteiger partial charge in [0.25, 0.3) is 0 Å². The first-order valence-corrected chi connectivity index (χ1v) is 9.32. The second kappa shape index (κ2) is 8.88. The van der Waals surface area contributed by atoms with Gasteiger partial charge in [0.15, 0.2) is 0 Å². The number of rotatable bonds is 9. The van der Waals surface area contributed by atoms with Gasteiger partial charge in [-0.2, -0.15) is 0 Å². The summed E-state index contributed by atoms with van der Waals surface area (Å²) in [5.41, 5.74) is 2.16. The molecule has 0 aromatic heterocycles. The van der Waals surface area contributed by atoms with Gasteiger partial charge in [0.05, 0.1) is 13.2 Å². The van der Waals surface area contributed by atoms with Crippen LogP contribution in [0.2, 0.25) is 0 Å². The molecule has 2 aromatic carbocycles. The maximum Gasteiger partial charge on any atom is 0.587 e. The van der Waals surface area contributed by atoms with Crippen LogP contribution in [0.5, 0.6) is 11.5 Å². The number of hydrogen-bond acceptors (Lipinski definition) is 5. The summed E-state index contributed by atoms with van der Waals surface area (Å²) in [6, 6.07) is 14.4. The van der Waals surface area contributed by atoms with Crippen molar-refractivity contribution in [3.8, 4) is 11.5 Å². The zero-order valence-electron chi connectivity index (χ0n) is 14.2. The van der Waals surface area contributed by atoms with Crippen molar-refractivity contribution < 1.29 is 22.9 Å². The van der Waals surface area contributed by atoms with Crippen molar-refractivity contribution in [1.29, 1.82) is 0 Å². The van der Waals surface area contributed by atoms with Gasteiger partial charge in [0, 0.05) is 6.61 Å². The molecule has 0 saturated heterocycles. The van der Waals surface area contributed by atoms with Gasteiger partial charge in [0.2, 0.25) is 0 Å². The maximum absolute atomic E-state index is 13.0. The number of hydrogen-bond donors (Lipinski definition) is 0. The van der Waals surface area contributed by atoms with Crippen LogP contribution >= 0.6 is 7.82 Å². The SMILES string of the molecule is CCOCCOP(=O)(Oc1ccc(C)cc1)Oc1ccc(C)cc1. The summed E-state index contributed by atoms with van der Waals surface area (Å²) >= 11 is 0. The summed E-state index contributed by atoms with van der Waals surface area (Å²) in [4.78, 5) is 0. The first-order chi connectivity index (χ1) is 11.5. The molecule has 0 amide bonds. The lowest BCUT2D eigenvalue weighted by atomic mass is 10.2. The summed E-state index contributed by atoms with van der Waals surface area (Å²) in [5, 5.41) is 0. The highest BCUT2D eigenvalue weighted by atomic mass is 31.2. The minimum atomic E-state index is -3.81. The van der Waals surface area contributed by atoms with Gasteiger partial charge in [-0.3, -0.25) is 4.52 Å². The molecule has 0 spiro atoms. The monoisotopic (exact) mass is 350 g/mol. The summed E-state index contributed by atoms with van der Waals surface area (Å²) in [5.74, 6) is 0.847. The lowest BCUT2D eigenvalue weighted by Crippen LogP contribution is -2.09. The molecule has 0 atom stereocenters. The zero-order chi connectivity index (χ0) is 17.4. The van der Waals surface area contributed by atoms with Gasteiger partial charge < -0.3 is 13.8 Å². The fourth-order valence-corrected chi connectivity index (χ4v) is 3.08. The number of benzene rings is 2. The molecule has 6 heteroatoms. The highest BCUT2D eigenvalue weighted by Gasteiger charge is 2.30. The van der Waals surface area contributed by atoms with Crippen LogP contribution in [0.25, 0.3) is 0 Å². The first-order valence-electron chi connectivity index (χ1n) is 7.85. The van der Waals surface area contributed by atoms with E-state index in [2.05, 4.69) is 0 Å². The van der Waals surface area contributed by atoms with Crippen LogP contribution in [0.1, 0.15) is 18.1 Å². The van der Waals surface area contributed by atoms with Crippen molar-refractivity contribution >= 4 is 7.82 Å². The topological polar surface area (TPSA) is 54.0 Å². The van der Waals surface area contributed by atoms with Crippen LogP contribution in [0.3, 0.4) is 0 Å². The van der Waals surface area contributed by atoms with Crippen molar-refractivity contribution in [2.24, 2.45) is 0 Å². The molecule has 5 nitrogen and oxygen atoms in total. The molecule has 0 fully saturated rings. The van der Waals surface area contributed by atoms with Crippen LogP contribution in [0.4, 0.5) is 0 Å². The molecule has 0 radical (unpaired) electrons. The number of aryl methyl sites for hydroxylation is 2. The van der Waals surface area contributed by atoms with Crippen molar-refractivity contribution in [2.75, 3.05) is 19.8 Å². The highest BCUT2D eigenvalue weighted by molar-refractivity contribution is 7.49. The lowest BCUT2D eigenvalue weighted by molar-refractivity contribution is 0.0963. The fourth-order valence-electron chi connectivity index (χ4n) is 1.88. The third-order valence-corrected chi connectivity index (χ3v) is 4.53. The summed E-state index contributed by atoms with van der Waals surface area (Å²) in [7, 11) is -3.81. The minimum absolute atomic E-state index is 0.114. The molecule has 2 rings (SSSR count). The van der Waals surface area contributed by atoms with Crippen molar-refractivity contribution in [3.05, 3.63) is 59.7 Å². The summed E-state index contributed by atoms with van der Waals surface area (Å²) < 4.78 is 34.6. The Morgan fingerprint density at radius 1 is 0.792 bits per heavy atom. The molecule has 0 aliphatic heterocycles. The third kappa shape index (κ3) is 6.00. The second-order valence-corrected chi connectivity index (χ2v) is 6.80. The van der Waals surface area contributed by atoms with E-state index in [1.165, 1.54) is 0 Å². The normalized spacial score (nSPS) is 11.3. The van der Waals surface area contributed by atoms with E-state index in [4.69, 9.17) is 18.3 Å². The van der Waals surface area contributed by atoms with Crippen LogP contribution in [0.15, 0.2) is 48.5 Å². The standard InChI is InChI=1S/C18H23O5P/c1-4-20-13-14-21-24(19,22-17-9-5-15(2)6-10-17)23-18-11-7-16(3)8-12-18/h5-12H,4,13-14H2,1-3H3. The molecule has 0 aliphatic carbocycles. The highest BCUT2D eigenvalue weighted by Crippen LogP contribution is 2.49. The maximum atomic E-state index is 13.0. The Hall–Kier alpha value is -1.81. The van der Waals surface area contributed by atoms with Crippen LogP contribution in [0, 0.1) is 13.8 Å². The quantitative estimate of drug-likeness (QED) is 0.474. The zero-order valence-corrected chi connectivity index (χ0v) is 15.1. The molecule has 0 saturated carbocycles. The second-order valence-electron chi connectivity index (χ2n) is 5.29. The van der Waals surface area contributed by atoms with Gasteiger partial charge in [-0.1, -0.05) is 35.4 Å². The van der Waals surface area contributed by atoms with Gasteiger partial charge in [-0.25, -0.2) is 4.57 Å². The van der Waals surface area contributed by atoms with E-state index in [1.807, 2.05) is 45.0 Å². The molecule has 130 valence electrons. The molecule has 0 bridgehead atoms. The van der Waals surface area contributed by atoms with Crippen molar-refractivity contribution in [2.45, 2.75) is 20.8 Å². The van der Waals surface area contributed by atoms with Crippen LogP contribution < -0.4 is 9.05 Å². The van der Waals surface area contributed by atoms with E-state index >= 15 is 0 Å². The smallest absolute Gasteiger partial charge is 0.395 e. The largest absolute Gasteiger partial charge is 0.587 e. The van der Waals surface area contributed by atoms with Crippen LogP contribution in [-0.4, -0.2) is 19.8 Å². The molecular formula is C18H23O5P. The Bertz CT molecular complexity index is 615. The van der Waals surface area contributed by atoms with Gasteiger partial charge in [0.1, 0.15) is 11.5 Å². The molecule has 0 heterocycles. The average molecular weight is 350 g/mol. The van der Waals surface area contributed by atoms with E-state index in [1.54, 1.807) is 24.3 Å². The predicted octanol–water partition coefficient (Wildman–Crippen LogP) is 4.92. The Morgan fingerprint density at radius 3 is 1.67 bits per heavy atom. The van der Waals surface area contributed by atoms with Crippen molar-refractivity contribution in [3.63, 3.8) is 0 Å². The Labute approximate surface area is 143 Å². The first kappa shape index (κ1) is 18.5. The van der Waals surface area contributed by atoms with Gasteiger partial charge in [-0.05, 0) is 45.0 Å². The molecule has 0 N–H and O–H groups in total. The van der Waals surface area contributed by atoms with E-state index in [9.17, 15) is 4.57 Å². The summed E-state index contributed by atoms with van der Waals surface area (Å²) in [6.45, 7) is 6.80.